The van der Waals surface area contributed by atoms with Crippen molar-refractivity contribution in [3.8, 4) is 0 Å². The molecule has 0 aromatic carbocycles. The minimum atomic E-state index is -0.938. The van der Waals surface area contributed by atoms with Crippen molar-refractivity contribution in [2.75, 3.05) is 0 Å². The summed E-state index contributed by atoms with van der Waals surface area (Å²) in [6.07, 6.45) is 8.05. The molecular formula is C20H40N2O3. The Kier molecular flexibility index (Phi) is 10.6. The summed E-state index contributed by atoms with van der Waals surface area (Å²) in [6.45, 7) is 6.11. The molecule has 4 atom stereocenters. The standard InChI is InChI=1S/C20H40N2O3/c1-4-5-11-16(21)20(25)22-17(13-15-9-7-6-8-10-15)19(24)18(23)12-14(2)3/h14-19,23-24H,4-13,21H2,1-3H3,(H,22,25)/t16-,17-,18-,19+/m0/s1. The minimum Gasteiger partial charge on any atom is -0.390 e. The number of aliphatic hydroxyl groups is 2. The van der Waals surface area contributed by atoms with Gasteiger partial charge in [-0.25, -0.2) is 0 Å². The van der Waals surface area contributed by atoms with E-state index in [-0.39, 0.29) is 5.91 Å². The van der Waals surface area contributed by atoms with Gasteiger partial charge in [-0.15, -0.1) is 0 Å². The molecule has 5 N–H and O–H groups in total. The van der Waals surface area contributed by atoms with Gasteiger partial charge in [0.1, 0.15) is 6.10 Å². The van der Waals surface area contributed by atoms with Crippen molar-refractivity contribution in [1.82, 2.24) is 5.32 Å². The van der Waals surface area contributed by atoms with Crippen LogP contribution in [0.5, 0.6) is 0 Å². The Labute approximate surface area is 153 Å². The van der Waals surface area contributed by atoms with Gasteiger partial charge in [0.25, 0.3) is 0 Å². The van der Waals surface area contributed by atoms with E-state index in [0.717, 1.165) is 32.1 Å². The second-order valence-electron chi connectivity index (χ2n) is 8.29. The summed E-state index contributed by atoms with van der Waals surface area (Å²) in [4.78, 5) is 12.4. The molecule has 0 saturated heterocycles. The lowest BCUT2D eigenvalue weighted by Crippen LogP contribution is -2.53. The molecule has 0 aromatic rings. The van der Waals surface area contributed by atoms with Crippen LogP contribution < -0.4 is 11.1 Å². The fourth-order valence-corrected chi connectivity index (χ4v) is 3.80. The predicted octanol–water partition coefficient (Wildman–Crippen LogP) is 2.73. The highest BCUT2D eigenvalue weighted by molar-refractivity contribution is 5.81. The Hall–Kier alpha value is -0.650. The van der Waals surface area contributed by atoms with Crippen LogP contribution in [0.2, 0.25) is 0 Å². The van der Waals surface area contributed by atoms with E-state index in [1.54, 1.807) is 0 Å². The number of rotatable bonds is 11. The van der Waals surface area contributed by atoms with Gasteiger partial charge in [0.05, 0.1) is 18.2 Å². The number of carbonyl (C=O) groups excluding carboxylic acids is 1. The minimum absolute atomic E-state index is 0.204. The maximum atomic E-state index is 12.4. The molecule has 0 heterocycles. The Morgan fingerprint density at radius 3 is 2.40 bits per heavy atom. The molecule has 25 heavy (non-hydrogen) atoms. The van der Waals surface area contributed by atoms with Gasteiger partial charge >= 0.3 is 0 Å². The average Bonchev–Trinajstić information content (AvgIpc) is 2.58. The first-order valence-corrected chi connectivity index (χ1v) is 10.3. The maximum Gasteiger partial charge on any atom is 0.237 e. The summed E-state index contributed by atoms with van der Waals surface area (Å²) >= 11 is 0. The van der Waals surface area contributed by atoms with E-state index in [2.05, 4.69) is 12.2 Å². The number of unbranched alkanes of at least 4 members (excludes halogenated alkanes) is 1. The molecule has 0 aliphatic heterocycles. The van der Waals surface area contributed by atoms with Gasteiger partial charge in [0.15, 0.2) is 0 Å². The molecular weight excluding hydrogens is 316 g/mol. The van der Waals surface area contributed by atoms with Crippen molar-refractivity contribution in [2.24, 2.45) is 17.6 Å². The third-order valence-electron chi connectivity index (χ3n) is 5.36. The summed E-state index contributed by atoms with van der Waals surface area (Å²) in [7, 11) is 0. The highest BCUT2D eigenvalue weighted by atomic mass is 16.3. The quantitative estimate of drug-likeness (QED) is 0.458. The number of carbonyl (C=O) groups is 1. The summed E-state index contributed by atoms with van der Waals surface area (Å²) in [5.41, 5.74) is 5.99. The first kappa shape index (κ1) is 22.4. The lowest BCUT2D eigenvalue weighted by Gasteiger charge is -2.33. The molecule has 148 valence electrons. The number of amides is 1. The van der Waals surface area contributed by atoms with Gasteiger partial charge in [-0.3, -0.25) is 4.79 Å². The summed E-state index contributed by atoms with van der Waals surface area (Å²) in [6, 6.07) is -0.958. The van der Waals surface area contributed by atoms with E-state index in [0.29, 0.717) is 24.7 Å². The highest BCUT2D eigenvalue weighted by Crippen LogP contribution is 2.29. The van der Waals surface area contributed by atoms with Crippen LogP contribution in [0.1, 0.15) is 85.0 Å². The highest BCUT2D eigenvalue weighted by Gasteiger charge is 2.31. The van der Waals surface area contributed by atoms with Crippen molar-refractivity contribution in [3.05, 3.63) is 0 Å². The lowest BCUT2D eigenvalue weighted by molar-refractivity contribution is -0.125. The Bertz CT molecular complexity index is 370. The summed E-state index contributed by atoms with van der Waals surface area (Å²) in [5, 5.41) is 24.0. The van der Waals surface area contributed by atoms with Crippen LogP contribution in [0.15, 0.2) is 0 Å². The molecule has 5 nitrogen and oxygen atoms in total. The number of hydrogen-bond acceptors (Lipinski definition) is 4. The Morgan fingerprint density at radius 2 is 1.84 bits per heavy atom. The van der Waals surface area contributed by atoms with E-state index < -0.39 is 24.3 Å². The summed E-state index contributed by atoms with van der Waals surface area (Å²) in [5.74, 6) is 0.597. The predicted molar refractivity (Wildman–Crippen MR) is 102 cm³/mol. The van der Waals surface area contributed by atoms with E-state index >= 15 is 0 Å². The van der Waals surface area contributed by atoms with Gasteiger partial charge in [-0.05, 0) is 31.1 Å². The van der Waals surface area contributed by atoms with E-state index in [4.69, 9.17) is 5.73 Å². The SMILES string of the molecule is CCCC[C@H](N)C(=O)N[C@@H](CC1CCCCC1)[C@@H](O)[C@@H](O)CC(C)C. The van der Waals surface area contributed by atoms with Crippen LogP contribution in [-0.2, 0) is 4.79 Å². The molecule has 0 radical (unpaired) electrons. The van der Waals surface area contributed by atoms with Gasteiger partial charge in [-0.2, -0.15) is 0 Å². The molecule has 0 bridgehead atoms. The molecule has 5 heteroatoms. The van der Waals surface area contributed by atoms with Crippen molar-refractivity contribution in [2.45, 2.75) is 109 Å². The third-order valence-corrected chi connectivity index (χ3v) is 5.36. The number of aliphatic hydroxyl groups excluding tert-OH is 2. The average molecular weight is 357 g/mol. The zero-order chi connectivity index (χ0) is 18.8. The van der Waals surface area contributed by atoms with Gasteiger partial charge in [0.2, 0.25) is 5.91 Å². The Balaban J connectivity index is 2.69. The van der Waals surface area contributed by atoms with Gasteiger partial charge < -0.3 is 21.3 Å². The fourth-order valence-electron chi connectivity index (χ4n) is 3.80. The van der Waals surface area contributed by atoms with E-state index in [1.165, 1.54) is 19.3 Å². The van der Waals surface area contributed by atoms with Crippen LogP contribution in [0, 0.1) is 11.8 Å². The van der Waals surface area contributed by atoms with Crippen LogP contribution in [0.4, 0.5) is 0 Å². The second-order valence-corrected chi connectivity index (χ2v) is 8.29. The van der Waals surface area contributed by atoms with Crippen molar-refractivity contribution >= 4 is 5.91 Å². The smallest absolute Gasteiger partial charge is 0.237 e. The zero-order valence-electron chi connectivity index (χ0n) is 16.4. The first-order valence-electron chi connectivity index (χ1n) is 10.3. The monoisotopic (exact) mass is 356 g/mol. The van der Waals surface area contributed by atoms with E-state index in [9.17, 15) is 15.0 Å². The fraction of sp³-hybridized carbons (Fsp3) is 0.950. The molecule has 1 amide bonds. The summed E-state index contributed by atoms with van der Waals surface area (Å²) < 4.78 is 0. The molecule has 1 fully saturated rings. The van der Waals surface area contributed by atoms with Crippen LogP contribution >= 0.6 is 0 Å². The topological polar surface area (TPSA) is 95.6 Å². The molecule has 1 saturated carbocycles. The van der Waals surface area contributed by atoms with Crippen LogP contribution in [-0.4, -0.2) is 40.4 Å². The van der Waals surface area contributed by atoms with E-state index in [1.807, 2.05) is 13.8 Å². The van der Waals surface area contributed by atoms with Gasteiger partial charge in [0, 0.05) is 0 Å². The second kappa shape index (κ2) is 11.9. The maximum absolute atomic E-state index is 12.4. The van der Waals surface area contributed by atoms with Crippen molar-refractivity contribution in [1.29, 1.82) is 0 Å². The molecule has 1 aliphatic rings. The van der Waals surface area contributed by atoms with Crippen LogP contribution in [0.3, 0.4) is 0 Å². The zero-order valence-corrected chi connectivity index (χ0v) is 16.4. The molecule has 0 spiro atoms. The number of hydrogen-bond donors (Lipinski definition) is 4. The number of nitrogens with one attached hydrogen (secondary N) is 1. The molecule has 1 rings (SSSR count). The van der Waals surface area contributed by atoms with Gasteiger partial charge in [-0.1, -0.05) is 65.7 Å². The van der Waals surface area contributed by atoms with Crippen molar-refractivity contribution < 1.29 is 15.0 Å². The molecule has 0 unspecified atom stereocenters. The van der Waals surface area contributed by atoms with Crippen molar-refractivity contribution in [3.63, 3.8) is 0 Å². The Morgan fingerprint density at radius 1 is 1.20 bits per heavy atom. The first-order chi connectivity index (χ1) is 11.8. The van der Waals surface area contributed by atoms with Crippen LogP contribution in [0.25, 0.3) is 0 Å². The third kappa shape index (κ3) is 8.52. The molecule has 1 aliphatic carbocycles. The number of nitrogens with two attached hydrogens (primary N) is 1. The lowest BCUT2D eigenvalue weighted by atomic mass is 9.82. The largest absolute Gasteiger partial charge is 0.390 e. The molecule has 0 aromatic heterocycles. The normalized spacial score (nSPS) is 20.9.